The fourth-order valence-corrected chi connectivity index (χ4v) is 4.93. The highest BCUT2D eigenvalue weighted by Crippen LogP contribution is 2.56. The van der Waals surface area contributed by atoms with Gasteiger partial charge in [0.1, 0.15) is 11.2 Å². The Morgan fingerprint density at radius 2 is 1.91 bits per heavy atom. The maximum Gasteiger partial charge on any atom is 0.406 e. The van der Waals surface area contributed by atoms with E-state index in [2.05, 4.69) is 10.3 Å². The lowest BCUT2D eigenvalue weighted by molar-refractivity contribution is -0.230. The Kier molecular flexibility index (Phi) is 7.07. The summed E-state index contributed by atoms with van der Waals surface area (Å²) in [6, 6.07) is 2.99. The Bertz CT molecular complexity index is 1140. The predicted octanol–water partition coefficient (Wildman–Crippen LogP) is 3.85. The highest BCUT2D eigenvalue weighted by molar-refractivity contribution is 5.98. The van der Waals surface area contributed by atoms with Crippen LogP contribution in [0.15, 0.2) is 30.5 Å². The van der Waals surface area contributed by atoms with Gasteiger partial charge in [0.15, 0.2) is 11.6 Å². The van der Waals surface area contributed by atoms with Crippen molar-refractivity contribution >= 4 is 17.5 Å². The summed E-state index contributed by atoms with van der Waals surface area (Å²) in [5.41, 5.74) is 2.58. The summed E-state index contributed by atoms with van der Waals surface area (Å²) in [6.45, 7) is 3.58. The van der Waals surface area contributed by atoms with Gasteiger partial charge in [-0.2, -0.15) is 17.6 Å². The normalized spacial score (nSPS) is 24.9. The maximum absolute atomic E-state index is 14.6. The standard InChI is InChI=1S/C23H25F5N4O3/c1-5-32-18(21(34)31-12-8-9-30-15(10-12)20(29)33)16(11(2)22(32,3)23(26,27)28)13-6-7-14(24)17(25)19(13)35-4/h6-11,16,18H,5H2,1-4H3,(H2,29,33)(H,30,31,34)/t11-,16-,18+,22+/m0/s1. The first-order valence-electron chi connectivity index (χ1n) is 10.7. The van der Waals surface area contributed by atoms with E-state index in [-0.39, 0.29) is 23.5 Å². The van der Waals surface area contributed by atoms with Crippen LogP contribution in [-0.4, -0.2) is 53.1 Å². The molecule has 0 aliphatic carbocycles. The summed E-state index contributed by atoms with van der Waals surface area (Å²) in [5.74, 6) is -7.37. The number of amides is 2. The van der Waals surface area contributed by atoms with Gasteiger partial charge in [-0.1, -0.05) is 19.9 Å². The minimum absolute atomic E-state index is 0.0713. The SMILES string of the molecule is CCN1[C@@H](C(=O)Nc2ccnc(C(N)=O)c2)[C@H](c2ccc(F)c(F)c2OC)[C@H](C)[C@]1(C)C(F)(F)F. The second kappa shape index (κ2) is 9.40. The largest absolute Gasteiger partial charge is 0.493 e. The number of aromatic nitrogens is 1. The number of hydrogen-bond acceptors (Lipinski definition) is 5. The van der Waals surface area contributed by atoms with E-state index in [0.29, 0.717) is 0 Å². The van der Waals surface area contributed by atoms with E-state index in [0.717, 1.165) is 31.1 Å². The predicted molar refractivity (Wildman–Crippen MR) is 117 cm³/mol. The number of likely N-dealkylation sites (tertiary alicyclic amines) is 1. The number of alkyl halides is 3. The molecule has 3 N–H and O–H groups in total. The molecule has 1 aliphatic rings. The molecule has 0 unspecified atom stereocenters. The van der Waals surface area contributed by atoms with Crippen molar-refractivity contribution in [3.05, 3.63) is 53.4 Å². The number of nitrogens with one attached hydrogen (secondary N) is 1. The molecule has 2 aromatic rings. The van der Waals surface area contributed by atoms with E-state index in [9.17, 15) is 31.5 Å². The molecule has 35 heavy (non-hydrogen) atoms. The van der Waals surface area contributed by atoms with Crippen LogP contribution in [0.1, 0.15) is 42.7 Å². The highest BCUT2D eigenvalue weighted by atomic mass is 19.4. The Hall–Kier alpha value is -3.28. The number of benzene rings is 1. The first-order chi connectivity index (χ1) is 16.3. The van der Waals surface area contributed by atoms with Gasteiger partial charge in [-0.15, -0.1) is 0 Å². The molecule has 190 valence electrons. The molecule has 1 aliphatic heterocycles. The van der Waals surface area contributed by atoms with Crippen LogP contribution in [0.3, 0.4) is 0 Å². The Morgan fingerprint density at radius 3 is 2.46 bits per heavy atom. The van der Waals surface area contributed by atoms with Crippen molar-refractivity contribution in [2.45, 2.75) is 44.4 Å². The molecule has 2 heterocycles. The minimum atomic E-state index is -4.77. The Balaban J connectivity index is 2.18. The number of anilines is 1. The second-order valence-electron chi connectivity index (χ2n) is 8.46. The molecule has 2 amide bonds. The molecule has 1 saturated heterocycles. The minimum Gasteiger partial charge on any atom is -0.493 e. The van der Waals surface area contributed by atoms with E-state index in [1.807, 2.05) is 0 Å². The lowest BCUT2D eigenvalue weighted by atomic mass is 9.76. The number of halogens is 5. The summed E-state index contributed by atoms with van der Waals surface area (Å²) < 4.78 is 76.8. The van der Waals surface area contributed by atoms with E-state index in [1.54, 1.807) is 0 Å². The third-order valence-corrected chi connectivity index (χ3v) is 6.80. The van der Waals surface area contributed by atoms with Gasteiger partial charge in [0.25, 0.3) is 5.91 Å². The molecule has 0 saturated carbocycles. The number of nitrogens with zero attached hydrogens (tertiary/aromatic N) is 2. The molecule has 0 spiro atoms. The number of methoxy groups -OCH3 is 1. The lowest BCUT2D eigenvalue weighted by Crippen LogP contribution is -2.59. The number of pyridine rings is 1. The summed E-state index contributed by atoms with van der Waals surface area (Å²) in [4.78, 5) is 29.7. The molecule has 0 bridgehead atoms. The smallest absolute Gasteiger partial charge is 0.406 e. The van der Waals surface area contributed by atoms with Crippen molar-refractivity contribution in [2.75, 3.05) is 19.0 Å². The molecule has 0 radical (unpaired) electrons. The third-order valence-electron chi connectivity index (χ3n) is 6.80. The van der Waals surface area contributed by atoms with Crippen molar-refractivity contribution in [3.63, 3.8) is 0 Å². The van der Waals surface area contributed by atoms with Gasteiger partial charge in [0, 0.05) is 23.4 Å². The summed E-state index contributed by atoms with van der Waals surface area (Å²) in [7, 11) is 1.07. The van der Waals surface area contributed by atoms with Crippen LogP contribution in [0.5, 0.6) is 5.75 Å². The van der Waals surface area contributed by atoms with Crippen molar-refractivity contribution < 1.29 is 36.3 Å². The zero-order chi connectivity index (χ0) is 26.3. The fraction of sp³-hybridized carbons (Fsp3) is 0.435. The van der Waals surface area contributed by atoms with Crippen LogP contribution in [0.4, 0.5) is 27.6 Å². The van der Waals surface area contributed by atoms with Crippen LogP contribution in [-0.2, 0) is 4.79 Å². The van der Waals surface area contributed by atoms with E-state index >= 15 is 0 Å². The molecule has 1 aromatic carbocycles. The van der Waals surface area contributed by atoms with Crippen molar-refractivity contribution in [1.29, 1.82) is 0 Å². The zero-order valence-corrected chi connectivity index (χ0v) is 19.4. The van der Waals surface area contributed by atoms with Gasteiger partial charge in [-0.25, -0.2) is 4.39 Å². The average molecular weight is 500 g/mol. The van der Waals surface area contributed by atoms with Crippen LogP contribution >= 0.6 is 0 Å². The van der Waals surface area contributed by atoms with Gasteiger partial charge in [-0.05, 0) is 37.6 Å². The van der Waals surface area contributed by atoms with Crippen LogP contribution in [0.25, 0.3) is 0 Å². The van der Waals surface area contributed by atoms with Crippen molar-refractivity contribution in [3.8, 4) is 5.75 Å². The van der Waals surface area contributed by atoms with E-state index in [4.69, 9.17) is 10.5 Å². The lowest BCUT2D eigenvalue weighted by Gasteiger charge is -2.40. The molecule has 12 heteroatoms. The molecular formula is C23H25F5N4O3. The van der Waals surface area contributed by atoms with E-state index in [1.165, 1.54) is 32.2 Å². The van der Waals surface area contributed by atoms with Crippen molar-refractivity contribution in [1.82, 2.24) is 9.88 Å². The average Bonchev–Trinajstić information content (AvgIpc) is 3.03. The molecule has 7 nitrogen and oxygen atoms in total. The number of nitrogens with two attached hydrogens (primary N) is 1. The Morgan fingerprint density at radius 1 is 1.26 bits per heavy atom. The number of likely N-dealkylation sites (N-methyl/N-ethyl adjacent to an activating group) is 1. The fourth-order valence-electron chi connectivity index (χ4n) is 4.93. The van der Waals surface area contributed by atoms with Gasteiger partial charge >= 0.3 is 6.18 Å². The maximum atomic E-state index is 14.6. The van der Waals surface area contributed by atoms with Gasteiger partial charge in [0.05, 0.1) is 13.2 Å². The number of rotatable bonds is 6. The summed E-state index contributed by atoms with van der Waals surface area (Å²) in [6.07, 6.45) is -3.56. The molecule has 4 atom stereocenters. The summed E-state index contributed by atoms with van der Waals surface area (Å²) >= 11 is 0. The second-order valence-corrected chi connectivity index (χ2v) is 8.46. The number of primary amides is 1. The zero-order valence-electron chi connectivity index (χ0n) is 19.4. The number of carbonyl (C=O) groups excluding carboxylic acids is 2. The molecular weight excluding hydrogens is 475 g/mol. The van der Waals surface area contributed by atoms with Gasteiger partial charge < -0.3 is 15.8 Å². The van der Waals surface area contributed by atoms with Gasteiger partial charge in [-0.3, -0.25) is 19.5 Å². The first kappa shape index (κ1) is 26.3. The van der Waals surface area contributed by atoms with Crippen molar-refractivity contribution in [2.24, 2.45) is 11.7 Å². The molecule has 1 fully saturated rings. The Labute approximate surface area is 198 Å². The van der Waals surface area contributed by atoms with Gasteiger partial charge in [0.2, 0.25) is 11.7 Å². The monoisotopic (exact) mass is 500 g/mol. The van der Waals surface area contributed by atoms with Crippen LogP contribution < -0.4 is 15.8 Å². The topological polar surface area (TPSA) is 97.5 Å². The third kappa shape index (κ3) is 4.30. The number of hydrogen-bond donors (Lipinski definition) is 2. The molecule has 1 aromatic heterocycles. The van der Waals surface area contributed by atoms with Crippen LogP contribution in [0.2, 0.25) is 0 Å². The number of carbonyl (C=O) groups is 2. The highest BCUT2D eigenvalue weighted by Gasteiger charge is 2.68. The van der Waals surface area contributed by atoms with Crippen LogP contribution in [0, 0.1) is 17.6 Å². The van der Waals surface area contributed by atoms with E-state index < -0.39 is 58.8 Å². The molecule has 3 rings (SSSR count). The first-order valence-corrected chi connectivity index (χ1v) is 10.7. The quantitative estimate of drug-likeness (QED) is 0.588. The number of ether oxygens (including phenoxy) is 1. The summed E-state index contributed by atoms with van der Waals surface area (Å²) in [5, 5.41) is 2.51.